The van der Waals surface area contributed by atoms with Crippen LogP contribution in [0, 0.1) is 11.6 Å². The summed E-state index contributed by atoms with van der Waals surface area (Å²) in [6.45, 7) is 1.42. The lowest BCUT2D eigenvalue weighted by atomic mass is 10.1. The summed E-state index contributed by atoms with van der Waals surface area (Å²) in [4.78, 5) is 11.4. The van der Waals surface area contributed by atoms with Crippen LogP contribution in [0.5, 0.6) is 0 Å². The Kier molecular flexibility index (Phi) is 3.37. The van der Waals surface area contributed by atoms with Crippen molar-refractivity contribution in [1.29, 1.82) is 0 Å². The summed E-state index contributed by atoms with van der Waals surface area (Å²) in [6.07, 6.45) is 0. The summed E-state index contributed by atoms with van der Waals surface area (Å²) in [7, 11) is 0. The van der Waals surface area contributed by atoms with Gasteiger partial charge in [-0.15, -0.1) is 0 Å². The zero-order valence-electron chi connectivity index (χ0n) is 9.71. The first kappa shape index (κ1) is 12.2. The molecule has 0 bridgehead atoms. The number of anilines is 2. The molecule has 0 spiro atoms. The fourth-order valence-corrected chi connectivity index (χ4v) is 1.64. The zero-order chi connectivity index (χ0) is 13.1. The second kappa shape index (κ2) is 4.96. The van der Waals surface area contributed by atoms with Gasteiger partial charge in [0.25, 0.3) is 0 Å². The number of Topliss-reactive ketones (excluding diaryl/α,β-unsaturated/α-hetero) is 1. The van der Waals surface area contributed by atoms with E-state index in [-0.39, 0.29) is 11.5 Å². The third-order valence-corrected chi connectivity index (χ3v) is 2.50. The zero-order valence-corrected chi connectivity index (χ0v) is 9.71. The van der Waals surface area contributed by atoms with E-state index >= 15 is 0 Å². The lowest BCUT2D eigenvalue weighted by Crippen LogP contribution is -2.01. The third kappa shape index (κ3) is 2.53. The number of carbonyl (C=O) groups excluding carboxylic acids is 1. The highest BCUT2D eigenvalue weighted by molar-refractivity contribution is 6.00. The molecule has 92 valence electrons. The average Bonchev–Trinajstić information content (AvgIpc) is 2.34. The largest absolute Gasteiger partial charge is 0.352 e. The highest BCUT2D eigenvalue weighted by atomic mass is 19.1. The number of halogens is 2. The van der Waals surface area contributed by atoms with Gasteiger partial charge in [-0.2, -0.15) is 0 Å². The SMILES string of the molecule is CC(=O)c1ccccc1Nc1cc(F)ccc1F. The van der Waals surface area contributed by atoms with E-state index in [2.05, 4.69) is 5.32 Å². The number of benzene rings is 2. The number of ketones is 1. The first-order valence-electron chi connectivity index (χ1n) is 5.40. The van der Waals surface area contributed by atoms with Gasteiger partial charge in [0.05, 0.1) is 5.69 Å². The Labute approximate surface area is 103 Å². The van der Waals surface area contributed by atoms with Crippen molar-refractivity contribution < 1.29 is 13.6 Å². The van der Waals surface area contributed by atoms with Gasteiger partial charge in [-0.05, 0) is 31.2 Å². The highest BCUT2D eigenvalue weighted by Crippen LogP contribution is 2.24. The molecule has 18 heavy (non-hydrogen) atoms. The van der Waals surface area contributed by atoms with Crippen LogP contribution in [0.3, 0.4) is 0 Å². The van der Waals surface area contributed by atoms with Crippen LogP contribution in [0.15, 0.2) is 42.5 Å². The van der Waals surface area contributed by atoms with Crippen molar-refractivity contribution in [3.63, 3.8) is 0 Å². The Balaban J connectivity index is 2.40. The molecule has 0 saturated carbocycles. The van der Waals surface area contributed by atoms with Gasteiger partial charge in [0, 0.05) is 17.3 Å². The molecule has 0 unspecified atom stereocenters. The first-order chi connectivity index (χ1) is 8.58. The minimum atomic E-state index is -0.574. The summed E-state index contributed by atoms with van der Waals surface area (Å²) in [6, 6.07) is 9.82. The molecule has 2 rings (SSSR count). The predicted octanol–water partition coefficient (Wildman–Crippen LogP) is 3.91. The number of hydrogen-bond acceptors (Lipinski definition) is 2. The van der Waals surface area contributed by atoms with Crippen LogP contribution >= 0.6 is 0 Å². The Morgan fingerprint density at radius 1 is 1.06 bits per heavy atom. The normalized spacial score (nSPS) is 10.2. The monoisotopic (exact) mass is 247 g/mol. The molecule has 0 aliphatic heterocycles. The van der Waals surface area contributed by atoms with Gasteiger partial charge in [-0.25, -0.2) is 8.78 Å². The maximum absolute atomic E-state index is 13.5. The van der Waals surface area contributed by atoms with Crippen LogP contribution < -0.4 is 5.32 Å². The number of carbonyl (C=O) groups is 1. The molecule has 0 fully saturated rings. The van der Waals surface area contributed by atoms with Crippen LogP contribution in [-0.2, 0) is 0 Å². The van der Waals surface area contributed by atoms with E-state index < -0.39 is 11.6 Å². The molecule has 0 atom stereocenters. The Morgan fingerprint density at radius 2 is 1.78 bits per heavy atom. The van der Waals surface area contributed by atoms with Crippen molar-refractivity contribution in [2.75, 3.05) is 5.32 Å². The second-order valence-electron chi connectivity index (χ2n) is 3.85. The maximum Gasteiger partial charge on any atom is 0.161 e. The van der Waals surface area contributed by atoms with E-state index in [0.29, 0.717) is 11.3 Å². The molecule has 0 aliphatic carbocycles. The Bertz CT molecular complexity index is 596. The quantitative estimate of drug-likeness (QED) is 0.833. The molecule has 0 heterocycles. The molecule has 2 aromatic carbocycles. The molecule has 4 heteroatoms. The van der Waals surface area contributed by atoms with Gasteiger partial charge < -0.3 is 5.32 Å². The molecular weight excluding hydrogens is 236 g/mol. The molecule has 0 saturated heterocycles. The van der Waals surface area contributed by atoms with E-state index in [1.165, 1.54) is 6.92 Å². The van der Waals surface area contributed by atoms with Gasteiger partial charge in [-0.3, -0.25) is 4.79 Å². The van der Waals surface area contributed by atoms with Gasteiger partial charge in [-0.1, -0.05) is 12.1 Å². The summed E-state index contributed by atoms with van der Waals surface area (Å²) >= 11 is 0. The van der Waals surface area contributed by atoms with E-state index in [4.69, 9.17) is 0 Å². The van der Waals surface area contributed by atoms with E-state index in [1.807, 2.05) is 0 Å². The lowest BCUT2D eigenvalue weighted by Gasteiger charge is -2.10. The van der Waals surface area contributed by atoms with Crippen molar-refractivity contribution in [2.45, 2.75) is 6.92 Å². The fourth-order valence-electron chi connectivity index (χ4n) is 1.64. The first-order valence-corrected chi connectivity index (χ1v) is 5.40. The number of nitrogens with one attached hydrogen (secondary N) is 1. The van der Waals surface area contributed by atoms with Crippen molar-refractivity contribution in [3.05, 3.63) is 59.7 Å². The molecular formula is C14H11F2NO. The molecule has 2 nitrogen and oxygen atoms in total. The minimum absolute atomic E-state index is 0.00343. The number of rotatable bonds is 3. The molecule has 2 aromatic rings. The van der Waals surface area contributed by atoms with Crippen LogP contribution in [-0.4, -0.2) is 5.78 Å². The minimum Gasteiger partial charge on any atom is -0.352 e. The molecule has 1 N–H and O–H groups in total. The number of hydrogen-bond donors (Lipinski definition) is 1. The standard InChI is InChI=1S/C14H11F2NO/c1-9(18)11-4-2-3-5-13(11)17-14-8-10(15)6-7-12(14)16/h2-8,17H,1H3. The van der Waals surface area contributed by atoms with Crippen molar-refractivity contribution in [1.82, 2.24) is 0 Å². The van der Waals surface area contributed by atoms with Gasteiger partial charge in [0.1, 0.15) is 11.6 Å². The molecule has 0 aliphatic rings. The van der Waals surface area contributed by atoms with Gasteiger partial charge in [0.15, 0.2) is 5.78 Å². The topological polar surface area (TPSA) is 29.1 Å². The number of para-hydroxylation sites is 1. The van der Waals surface area contributed by atoms with Crippen LogP contribution in [0.2, 0.25) is 0 Å². The molecule has 0 radical (unpaired) electrons. The van der Waals surface area contributed by atoms with E-state index in [9.17, 15) is 13.6 Å². The smallest absolute Gasteiger partial charge is 0.161 e. The van der Waals surface area contributed by atoms with Gasteiger partial charge >= 0.3 is 0 Å². The predicted molar refractivity (Wildman–Crippen MR) is 66.1 cm³/mol. The van der Waals surface area contributed by atoms with E-state index in [1.54, 1.807) is 24.3 Å². The van der Waals surface area contributed by atoms with E-state index in [0.717, 1.165) is 18.2 Å². The Morgan fingerprint density at radius 3 is 2.50 bits per heavy atom. The average molecular weight is 247 g/mol. The molecule has 0 aromatic heterocycles. The summed E-state index contributed by atoms with van der Waals surface area (Å²) in [5.74, 6) is -1.26. The van der Waals surface area contributed by atoms with Gasteiger partial charge in [0.2, 0.25) is 0 Å². The molecule has 0 amide bonds. The summed E-state index contributed by atoms with van der Waals surface area (Å²) in [5, 5.41) is 2.73. The maximum atomic E-state index is 13.5. The van der Waals surface area contributed by atoms with Crippen LogP contribution in [0.1, 0.15) is 17.3 Å². The van der Waals surface area contributed by atoms with Crippen molar-refractivity contribution >= 4 is 17.2 Å². The lowest BCUT2D eigenvalue weighted by molar-refractivity contribution is 0.101. The highest BCUT2D eigenvalue weighted by Gasteiger charge is 2.09. The van der Waals surface area contributed by atoms with Crippen LogP contribution in [0.4, 0.5) is 20.2 Å². The summed E-state index contributed by atoms with van der Waals surface area (Å²) < 4.78 is 26.5. The van der Waals surface area contributed by atoms with Crippen molar-refractivity contribution in [2.24, 2.45) is 0 Å². The summed E-state index contributed by atoms with van der Waals surface area (Å²) in [5.41, 5.74) is 0.888. The van der Waals surface area contributed by atoms with Crippen LogP contribution in [0.25, 0.3) is 0 Å². The third-order valence-electron chi connectivity index (χ3n) is 2.50. The second-order valence-corrected chi connectivity index (χ2v) is 3.85. The fraction of sp³-hybridized carbons (Fsp3) is 0.0714. The Hall–Kier alpha value is -2.23. The van der Waals surface area contributed by atoms with Crippen molar-refractivity contribution in [3.8, 4) is 0 Å².